The second kappa shape index (κ2) is 5.40. The number of aromatic nitrogens is 1. The summed E-state index contributed by atoms with van der Waals surface area (Å²) >= 11 is 0. The molecule has 21 heavy (non-hydrogen) atoms. The summed E-state index contributed by atoms with van der Waals surface area (Å²) in [5.74, 6) is -1.06. The molecule has 6 nitrogen and oxygen atoms in total. The van der Waals surface area contributed by atoms with Gasteiger partial charge < -0.3 is 16.2 Å². The van der Waals surface area contributed by atoms with Crippen molar-refractivity contribution in [1.82, 2.24) is 4.98 Å². The third-order valence-electron chi connectivity index (χ3n) is 3.33. The highest BCUT2D eigenvalue weighted by molar-refractivity contribution is 6.03. The molecule has 2 aromatic rings. The molecule has 2 rings (SSSR count). The molecular formula is C15H17N3O3. The molecule has 1 amide bonds. The molecule has 0 atom stereocenters. The van der Waals surface area contributed by atoms with Gasteiger partial charge in [0.05, 0.1) is 16.5 Å². The lowest BCUT2D eigenvalue weighted by molar-refractivity contribution is -0.125. The van der Waals surface area contributed by atoms with Crippen LogP contribution in [-0.2, 0) is 4.79 Å². The maximum Gasteiger partial charge on any atom is 0.336 e. The lowest BCUT2D eigenvalue weighted by Gasteiger charge is -2.21. The first-order chi connectivity index (χ1) is 9.81. The molecular weight excluding hydrogens is 270 g/mol. The molecule has 6 heteroatoms. The molecule has 0 radical (unpaired) electrons. The number of carboxylic acid groups (broad SMARTS) is 1. The van der Waals surface area contributed by atoms with Crippen molar-refractivity contribution >= 4 is 28.6 Å². The molecule has 4 N–H and O–H groups in total. The number of nitrogens with one attached hydrogen (secondary N) is 1. The monoisotopic (exact) mass is 287 g/mol. The molecule has 1 aromatic heterocycles. The highest BCUT2D eigenvalue weighted by Gasteiger charge is 2.25. The minimum atomic E-state index is -1.02. The van der Waals surface area contributed by atoms with Crippen molar-refractivity contribution in [2.45, 2.75) is 13.8 Å². The number of rotatable bonds is 5. The van der Waals surface area contributed by atoms with Gasteiger partial charge in [-0.3, -0.25) is 4.79 Å². The molecule has 110 valence electrons. The number of carbonyl (C=O) groups excluding carboxylic acids is 1. The van der Waals surface area contributed by atoms with Gasteiger partial charge in [-0.25, -0.2) is 9.78 Å². The summed E-state index contributed by atoms with van der Waals surface area (Å²) < 4.78 is 0. The van der Waals surface area contributed by atoms with Crippen molar-refractivity contribution in [1.29, 1.82) is 0 Å². The van der Waals surface area contributed by atoms with E-state index < -0.39 is 17.3 Å². The van der Waals surface area contributed by atoms with Crippen LogP contribution in [0.4, 0.5) is 5.82 Å². The fourth-order valence-corrected chi connectivity index (χ4v) is 1.84. The lowest BCUT2D eigenvalue weighted by Crippen LogP contribution is -2.37. The van der Waals surface area contributed by atoms with Crippen LogP contribution in [-0.4, -0.2) is 28.5 Å². The van der Waals surface area contributed by atoms with E-state index in [9.17, 15) is 14.7 Å². The summed E-state index contributed by atoms with van der Waals surface area (Å²) in [6.45, 7) is 3.69. The Morgan fingerprint density at radius 2 is 2.00 bits per heavy atom. The predicted molar refractivity (Wildman–Crippen MR) is 80.2 cm³/mol. The number of fused-ring (bicyclic) bond motifs is 1. The van der Waals surface area contributed by atoms with E-state index >= 15 is 0 Å². The van der Waals surface area contributed by atoms with Crippen molar-refractivity contribution in [3.8, 4) is 0 Å². The number of amides is 1. The molecule has 1 heterocycles. The summed E-state index contributed by atoms with van der Waals surface area (Å²) in [6.07, 6.45) is 0. The highest BCUT2D eigenvalue weighted by atomic mass is 16.4. The number of benzene rings is 1. The van der Waals surface area contributed by atoms with Crippen molar-refractivity contribution in [3.05, 3.63) is 35.9 Å². The molecule has 0 aliphatic rings. The van der Waals surface area contributed by atoms with Crippen molar-refractivity contribution in [3.63, 3.8) is 0 Å². The summed E-state index contributed by atoms with van der Waals surface area (Å²) in [5.41, 5.74) is 5.30. The van der Waals surface area contributed by atoms with Gasteiger partial charge in [0.2, 0.25) is 5.91 Å². The van der Waals surface area contributed by atoms with E-state index in [4.69, 9.17) is 5.73 Å². The molecule has 0 saturated heterocycles. The van der Waals surface area contributed by atoms with Crippen molar-refractivity contribution in [2.75, 3.05) is 11.9 Å². The van der Waals surface area contributed by atoms with E-state index in [1.165, 1.54) is 6.07 Å². The summed E-state index contributed by atoms with van der Waals surface area (Å²) in [7, 11) is 0. The summed E-state index contributed by atoms with van der Waals surface area (Å²) in [5, 5.41) is 12.8. The van der Waals surface area contributed by atoms with Gasteiger partial charge in [-0.05, 0) is 26.0 Å². The number of carbonyl (C=O) groups is 2. The van der Waals surface area contributed by atoms with Crippen LogP contribution in [0.15, 0.2) is 30.3 Å². The molecule has 0 bridgehead atoms. The van der Waals surface area contributed by atoms with E-state index in [0.717, 1.165) is 0 Å². The molecule has 0 aliphatic carbocycles. The zero-order valence-corrected chi connectivity index (χ0v) is 11.9. The maximum atomic E-state index is 11.3. The van der Waals surface area contributed by atoms with Gasteiger partial charge in [0.25, 0.3) is 0 Å². The number of nitrogens with zero attached hydrogens (tertiary/aromatic N) is 1. The molecule has 1 aromatic carbocycles. The number of aromatic carboxylic acids is 1. The lowest BCUT2D eigenvalue weighted by atomic mass is 9.93. The van der Waals surface area contributed by atoms with Crippen molar-refractivity contribution < 1.29 is 14.7 Å². The Bertz CT molecular complexity index is 710. The second-order valence-corrected chi connectivity index (χ2v) is 5.48. The van der Waals surface area contributed by atoms with Crippen LogP contribution in [0.2, 0.25) is 0 Å². The number of hydrogen-bond donors (Lipinski definition) is 3. The first-order valence-electron chi connectivity index (χ1n) is 6.48. The van der Waals surface area contributed by atoms with Gasteiger partial charge in [0.1, 0.15) is 5.82 Å². The number of hydrogen-bond acceptors (Lipinski definition) is 4. The average Bonchev–Trinajstić information content (AvgIpc) is 2.44. The largest absolute Gasteiger partial charge is 0.478 e. The average molecular weight is 287 g/mol. The minimum absolute atomic E-state index is 0.167. The van der Waals surface area contributed by atoms with Gasteiger partial charge >= 0.3 is 5.97 Å². The van der Waals surface area contributed by atoms with E-state index in [-0.39, 0.29) is 12.1 Å². The molecule has 0 spiro atoms. The third-order valence-corrected chi connectivity index (χ3v) is 3.33. The van der Waals surface area contributed by atoms with Crippen LogP contribution in [0.3, 0.4) is 0 Å². The Morgan fingerprint density at radius 1 is 1.33 bits per heavy atom. The fourth-order valence-electron chi connectivity index (χ4n) is 1.84. The van der Waals surface area contributed by atoms with Crippen LogP contribution in [0.1, 0.15) is 24.2 Å². The number of pyridine rings is 1. The third kappa shape index (κ3) is 3.10. The fraction of sp³-hybridized carbons (Fsp3) is 0.267. The highest BCUT2D eigenvalue weighted by Crippen LogP contribution is 2.22. The van der Waals surface area contributed by atoms with Gasteiger partial charge in [0, 0.05) is 11.9 Å². The Morgan fingerprint density at radius 3 is 2.62 bits per heavy atom. The quantitative estimate of drug-likeness (QED) is 0.778. The van der Waals surface area contributed by atoms with Crippen LogP contribution in [0.5, 0.6) is 0 Å². The Labute approximate surface area is 122 Å². The first kappa shape index (κ1) is 14.8. The predicted octanol–water partition coefficient (Wildman–Crippen LogP) is 1.86. The minimum Gasteiger partial charge on any atom is -0.478 e. The van der Waals surface area contributed by atoms with Gasteiger partial charge in [0.15, 0.2) is 0 Å². The molecule has 0 aliphatic heterocycles. The van der Waals surface area contributed by atoms with Gasteiger partial charge in [-0.1, -0.05) is 18.2 Å². The summed E-state index contributed by atoms with van der Waals surface area (Å²) in [6, 6.07) is 8.47. The van der Waals surface area contributed by atoms with E-state index in [0.29, 0.717) is 16.7 Å². The zero-order valence-electron chi connectivity index (χ0n) is 11.9. The smallest absolute Gasteiger partial charge is 0.336 e. The Hall–Kier alpha value is -2.63. The normalized spacial score (nSPS) is 11.3. The molecule has 0 saturated carbocycles. The number of para-hydroxylation sites is 1. The maximum absolute atomic E-state index is 11.3. The standard InChI is InChI=1S/C15H17N3O3/c1-15(2,14(16)21)8-17-12-7-10(13(19)20)9-5-3-4-6-11(9)18-12/h3-7H,8H2,1-2H3,(H2,16,21)(H,17,18)(H,19,20). The van der Waals surface area contributed by atoms with E-state index in [1.54, 1.807) is 38.1 Å². The first-order valence-corrected chi connectivity index (χ1v) is 6.48. The van der Waals surface area contributed by atoms with Crippen LogP contribution in [0.25, 0.3) is 10.9 Å². The Kier molecular flexibility index (Phi) is 3.80. The Balaban J connectivity index is 2.37. The number of anilines is 1. The van der Waals surface area contributed by atoms with E-state index in [2.05, 4.69) is 10.3 Å². The van der Waals surface area contributed by atoms with E-state index in [1.807, 2.05) is 0 Å². The number of nitrogens with two attached hydrogens (primary N) is 1. The zero-order chi connectivity index (χ0) is 15.6. The van der Waals surface area contributed by atoms with Crippen LogP contribution in [0, 0.1) is 5.41 Å². The topological polar surface area (TPSA) is 105 Å². The SMILES string of the molecule is CC(C)(CNc1cc(C(=O)O)c2ccccc2n1)C(N)=O. The molecule has 0 fully saturated rings. The van der Waals surface area contributed by atoms with Crippen molar-refractivity contribution in [2.24, 2.45) is 11.1 Å². The van der Waals surface area contributed by atoms with Gasteiger partial charge in [-0.2, -0.15) is 0 Å². The molecule has 0 unspecified atom stereocenters. The number of carboxylic acids is 1. The van der Waals surface area contributed by atoms with Crippen LogP contribution < -0.4 is 11.1 Å². The van der Waals surface area contributed by atoms with Gasteiger partial charge in [-0.15, -0.1) is 0 Å². The number of primary amides is 1. The summed E-state index contributed by atoms with van der Waals surface area (Å²) in [4.78, 5) is 27.0. The second-order valence-electron chi connectivity index (χ2n) is 5.48. The van der Waals surface area contributed by atoms with Crippen LogP contribution >= 0.6 is 0 Å².